The van der Waals surface area contributed by atoms with Crippen LogP contribution in [0.15, 0.2) is 42.7 Å². The quantitative estimate of drug-likeness (QED) is 0.581. The van der Waals surface area contributed by atoms with Crippen molar-refractivity contribution in [3.63, 3.8) is 0 Å². The lowest BCUT2D eigenvalue weighted by Crippen LogP contribution is -2.35. The minimum Gasteiger partial charge on any atom is -0.337 e. The van der Waals surface area contributed by atoms with Gasteiger partial charge in [-0.3, -0.25) is 19.6 Å². The summed E-state index contributed by atoms with van der Waals surface area (Å²) in [5.74, 6) is -0.152. The van der Waals surface area contributed by atoms with Crippen molar-refractivity contribution in [2.45, 2.75) is 19.5 Å². The van der Waals surface area contributed by atoms with Gasteiger partial charge in [0.15, 0.2) is 0 Å². The standard InChI is InChI=1S/C15H19N5O3/c16-7-4-8-18(10-13-5-2-1-3-6-13)15(21)12-19-11-14(9-17-19)20(22)23/h1-3,5-6,9,11H,4,7-8,10,12,16H2. The minimum absolute atomic E-state index is 0.0365. The van der Waals surface area contributed by atoms with Crippen LogP contribution in [0.25, 0.3) is 0 Å². The Bertz CT molecular complexity index is 656. The average molecular weight is 317 g/mol. The fourth-order valence-corrected chi connectivity index (χ4v) is 2.15. The van der Waals surface area contributed by atoms with Crippen LogP contribution >= 0.6 is 0 Å². The third-order valence-corrected chi connectivity index (χ3v) is 3.33. The second kappa shape index (κ2) is 8.04. The number of aromatic nitrogens is 2. The van der Waals surface area contributed by atoms with Gasteiger partial charge in [-0.15, -0.1) is 0 Å². The molecule has 2 aromatic rings. The molecule has 0 unspecified atom stereocenters. The van der Waals surface area contributed by atoms with E-state index in [2.05, 4.69) is 5.10 Å². The fourth-order valence-electron chi connectivity index (χ4n) is 2.15. The number of rotatable bonds is 8. The van der Waals surface area contributed by atoms with Crippen LogP contribution in [-0.2, 0) is 17.9 Å². The first-order chi connectivity index (χ1) is 11.1. The molecule has 122 valence electrons. The van der Waals surface area contributed by atoms with Gasteiger partial charge in [0.05, 0.1) is 4.92 Å². The SMILES string of the molecule is NCCCN(Cc1ccccc1)C(=O)Cn1cc([N+](=O)[O-])cn1. The van der Waals surface area contributed by atoms with Crippen molar-refractivity contribution in [3.8, 4) is 0 Å². The molecule has 0 aliphatic carbocycles. The Kier molecular flexibility index (Phi) is 5.81. The molecule has 8 heteroatoms. The normalized spacial score (nSPS) is 10.5. The summed E-state index contributed by atoms with van der Waals surface area (Å²) in [6.07, 6.45) is 3.08. The smallest absolute Gasteiger partial charge is 0.307 e. The predicted octanol–water partition coefficient (Wildman–Crippen LogP) is 1.17. The Balaban J connectivity index is 2.04. The fraction of sp³-hybridized carbons (Fsp3) is 0.333. The molecule has 1 amide bonds. The van der Waals surface area contributed by atoms with Crippen molar-refractivity contribution in [1.82, 2.24) is 14.7 Å². The molecule has 1 aromatic carbocycles. The molecular formula is C15H19N5O3. The lowest BCUT2D eigenvalue weighted by atomic mass is 10.2. The molecule has 8 nitrogen and oxygen atoms in total. The van der Waals surface area contributed by atoms with Gasteiger partial charge in [-0.1, -0.05) is 30.3 Å². The van der Waals surface area contributed by atoms with E-state index in [1.807, 2.05) is 30.3 Å². The molecule has 0 saturated heterocycles. The van der Waals surface area contributed by atoms with Crippen LogP contribution in [-0.4, -0.2) is 38.6 Å². The van der Waals surface area contributed by atoms with Crippen molar-refractivity contribution in [1.29, 1.82) is 0 Å². The molecule has 0 aliphatic heterocycles. The number of nitrogens with zero attached hydrogens (tertiary/aromatic N) is 4. The zero-order valence-electron chi connectivity index (χ0n) is 12.7. The molecule has 0 aliphatic rings. The molecule has 1 aromatic heterocycles. The summed E-state index contributed by atoms with van der Waals surface area (Å²) >= 11 is 0. The number of carbonyl (C=O) groups is 1. The maximum atomic E-state index is 12.5. The maximum Gasteiger partial charge on any atom is 0.307 e. The lowest BCUT2D eigenvalue weighted by molar-refractivity contribution is -0.385. The molecule has 0 saturated carbocycles. The number of benzene rings is 1. The first kappa shape index (κ1) is 16.6. The van der Waals surface area contributed by atoms with E-state index in [1.54, 1.807) is 4.90 Å². The van der Waals surface area contributed by atoms with Gasteiger partial charge in [-0.25, -0.2) is 0 Å². The van der Waals surface area contributed by atoms with E-state index in [4.69, 9.17) is 5.73 Å². The molecule has 0 radical (unpaired) electrons. The van der Waals surface area contributed by atoms with E-state index in [1.165, 1.54) is 10.9 Å². The van der Waals surface area contributed by atoms with Crippen LogP contribution in [0.5, 0.6) is 0 Å². The minimum atomic E-state index is -0.538. The number of amides is 1. The lowest BCUT2D eigenvalue weighted by Gasteiger charge is -2.22. The molecule has 2 N–H and O–H groups in total. The molecule has 2 rings (SSSR count). The second-order valence-corrected chi connectivity index (χ2v) is 5.10. The highest BCUT2D eigenvalue weighted by Crippen LogP contribution is 2.10. The summed E-state index contributed by atoms with van der Waals surface area (Å²) in [6.45, 7) is 1.47. The number of carbonyl (C=O) groups excluding carboxylic acids is 1. The van der Waals surface area contributed by atoms with E-state index in [-0.39, 0.29) is 18.1 Å². The Morgan fingerprint density at radius 3 is 2.70 bits per heavy atom. The first-order valence-electron chi connectivity index (χ1n) is 7.28. The molecule has 0 bridgehead atoms. The number of nitro groups is 1. The molecule has 0 spiro atoms. The van der Waals surface area contributed by atoms with Gasteiger partial charge >= 0.3 is 5.69 Å². The molecule has 23 heavy (non-hydrogen) atoms. The monoisotopic (exact) mass is 317 g/mol. The number of hydrogen-bond donors (Lipinski definition) is 1. The van der Waals surface area contributed by atoms with E-state index >= 15 is 0 Å². The Labute approximate surface area is 133 Å². The van der Waals surface area contributed by atoms with Crippen LogP contribution in [0, 0.1) is 10.1 Å². The van der Waals surface area contributed by atoms with Gasteiger partial charge in [-0.2, -0.15) is 5.10 Å². The van der Waals surface area contributed by atoms with Gasteiger partial charge < -0.3 is 10.6 Å². The summed E-state index contributed by atoms with van der Waals surface area (Å²) in [6, 6.07) is 9.64. The predicted molar refractivity (Wildman–Crippen MR) is 84.4 cm³/mol. The highest BCUT2D eigenvalue weighted by Gasteiger charge is 2.16. The second-order valence-electron chi connectivity index (χ2n) is 5.10. The van der Waals surface area contributed by atoms with Crippen molar-refractivity contribution in [2.24, 2.45) is 5.73 Å². The molecular weight excluding hydrogens is 298 g/mol. The van der Waals surface area contributed by atoms with E-state index in [0.29, 0.717) is 26.1 Å². The Morgan fingerprint density at radius 1 is 1.35 bits per heavy atom. The average Bonchev–Trinajstić information content (AvgIpc) is 3.01. The van der Waals surface area contributed by atoms with Crippen LogP contribution in [0.4, 0.5) is 5.69 Å². The molecule has 0 fully saturated rings. The van der Waals surface area contributed by atoms with Crippen LogP contribution in [0.2, 0.25) is 0 Å². The summed E-state index contributed by atoms with van der Waals surface area (Å²) < 4.78 is 1.28. The third-order valence-electron chi connectivity index (χ3n) is 3.33. The number of nitrogens with two attached hydrogens (primary N) is 1. The van der Waals surface area contributed by atoms with E-state index < -0.39 is 4.92 Å². The van der Waals surface area contributed by atoms with E-state index in [9.17, 15) is 14.9 Å². The summed E-state index contributed by atoms with van der Waals surface area (Å²) in [5.41, 5.74) is 6.42. The summed E-state index contributed by atoms with van der Waals surface area (Å²) in [7, 11) is 0. The van der Waals surface area contributed by atoms with Crippen LogP contribution in [0.1, 0.15) is 12.0 Å². The van der Waals surface area contributed by atoms with Crippen LogP contribution < -0.4 is 5.73 Å². The number of hydrogen-bond acceptors (Lipinski definition) is 5. The van der Waals surface area contributed by atoms with Crippen LogP contribution in [0.3, 0.4) is 0 Å². The van der Waals surface area contributed by atoms with Crippen molar-refractivity contribution in [3.05, 3.63) is 58.4 Å². The van der Waals surface area contributed by atoms with Crippen molar-refractivity contribution < 1.29 is 9.72 Å². The third kappa shape index (κ3) is 4.89. The first-order valence-corrected chi connectivity index (χ1v) is 7.28. The molecule has 1 heterocycles. The highest BCUT2D eigenvalue weighted by molar-refractivity contribution is 5.76. The van der Waals surface area contributed by atoms with Gasteiger partial charge in [-0.05, 0) is 18.5 Å². The highest BCUT2D eigenvalue weighted by atomic mass is 16.6. The zero-order chi connectivity index (χ0) is 16.7. The van der Waals surface area contributed by atoms with Gasteiger partial charge in [0.1, 0.15) is 18.9 Å². The summed E-state index contributed by atoms with van der Waals surface area (Å²) in [5, 5.41) is 14.5. The Morgan fingerprint density at radius 2 is 2.09 bits per heavy atom. The topological polar surface area (TPSA) is 107 Å². The largest absolute Gasteiger partial charge is 0.337 e. The van der Waals surface area contributed by atoms with Crippen molar-refractivity contribution >= 4 is 11.6 Å². The van der Waals surface area contributed by atoms with Gasteiger partial charge in [0.25, 0.3) is 0 Å². The Hall–Kier alpha value is -2.74. The zero-order valence-corrected chi connectivity index (χ0v) is 12.7. The van der Waals surface area contributed by atoms with Gasteiger partial charge in [0, 0.05) is 13.1 Å². The summed E-state index contributed by atoms with van der Waals surface area (Å²) in [4.78, 5) is 24.3. The van der Waals surface area contributed by atoms with Crippen molar-refractivity contribution in [2.75, 3.05) is 13.1 Å². The molecule has 0 atom stereocenters. The van der Waals surface area contributed by atoms with E-state index in [0.717, 1.165) is 11.8 Å². The van der Waals surface area contributed by atoms with Gasteiger partial charge in [0.2, 0.25) is 5.91 Å². The maximum absolute atomic E-state index is 12.5.